The second kappa shape index (κ2) is 10.1. The van der Waals surface area contributed by atoms with Gasteiger partial charge in [-0.15, -0.1) is 24.0 Å². The van der Waals surface area contributed by atoms with Crippen LogP contribution in [0.15, 0.2) is 4.99 Å². The van der Waals surface area contributed by atoms with E-state index in [0.29, 0.717) is 12.5 Å². The molecule has 120 valence electrons. The molecule has 0 heterocycles. The molecule has 7 heteroatoms. The molecule has 0 aliphatic rings. The number of carbonyl (C=O) groups excluding carboxylic acids is 1. The van der Waals surface area contributed by atoms with Crippen LogP contribution in [0.4, 0.5) is 4.79 Å². The summed E-state index contributed by atoms with van der Waals surface area (Å²) >= 11 is 0. The van der Waals surface area contributed by atoms with E-state index in [1.54, 1.807) is 19.0 Å². The summed E-state index contributed by atoms with van der Waals surface area (Å²) in [6, 6.07) is 0. The van der Waals surface area contributed by atoms with Crippen molar-refractivity contribution in [1.29, 1.82) is 0 Å². The third-order valence-corrected chi connectivity index (χ3v) is 2.37. The Morgan fingerprint density at radius 3 is 2.35 bits per heavy atom. The minimum absolute atomic E-state index is 0. The van der Waals surface area contributed by atoms with Crippen molar-refractivity contribution in [2.24, 2.45) is 10.9 Å². The van der Waals surface area contributed by atoms with E-state index in [1.807, 2.05) is 27.8 Å². The molecule has 6 nitrogen and oxygen atoms in total. The van der Waals surface area contributed by atoms with Gasteiger partial charge in [0, 0.05) is 34.2 Å². The van der Waals surface area contributed by atoms with Gasteiger partial charge in [0.2, 0.25) is 0 Å². The zero-order chi connectivity index (χ0) is 15.1. The van der Waals surface area contributed by atoms with Crippen molar-refractivity contribution < 1.29 is 9.53 Å². The molecule has 0 aromatic carbocycles. The smallest absolute Gasteiger partial charge is 0.410 e. The molecule has 0 aromatic heterocycles. The van der Waals surface area contributed by atoms with E-state index < -0.39 is 5.60 Å². The highest BCUT2D eigenvalue weighted by Gasteiger charge is 2.20. The Labute approximate surface area is 139 Å². The Bertz CT molecular complexity index is 316. The van der Waals surface area contributed by atoms with E-state index in [2.05, 4.69) is 22.5 Å². The van der Waals surface area contributed by atoms with Crippen molar-refractivity contribution in [3.05, 3.63) is 0 Å². The molecule has 0 spiro atoms. The Morgan fingerprint density at radius 2 is 1.95 bits per heavy atom. The van der Waals surface area contributed by atoms with Crippen LogP contribution in [0, 0.1) is 5.92 Å². The zero-order valence-corrected chi connectivity index (χ0v) is 15.9. The summed E-state index contributed by atoms with van der Waals surface area (Å²) in [4.78, 5) is 17.4. The summed E-state index contributed by atoms with van der Waals surface area (Å²) in [6.07, 6.45) is -0.294. The van der Waals surface area contributed by atoms with Crippen LogP contribution in [0.25, 0.3) is 0 Å². The summed E-state index contributed by atoms with van der Waals surface area (Å²) < 4.78 is 5.30. The van der Waals surface area contributed by atoms with E-state index in [1.165, 1.54) is 0 Å². The van der Waals surface area contributed by atoms with Gasteiger partial charge in [0.25, 0.3) is 0 Å². The maximum atomic E-state index is 11.8. The zero-order valence-electron chi connectivity index (χ0n) is 13.6. The van der Waals surface area contributed by atoms with Gasteiger partial charge in [0.15, 0.2) is 5.96 Å². The highest BCUT2D eigenvalue weighted by atomic mass is 127. The number of carbonyl (C=O) groups is 1. The quantitative estimate of drug-likeness (QED) is 0.430. The summed E-state index contributed by atoms with van der Waals surface area (Å²) in [6.45, 7) is 9.02. The monoisotopic (exact) mass is 400 g/mol. The number of guanidine groups is 1. The van der Waals surface area contributed by atoms with Gasteiger partial charge in [-0.1, -0.05) is 6.92 Å². The fourth-order valence-corrected chi connectivity index (χ4v) is 1.50. The lowest BCUT2D eigenvalue weighted by Crippen LogP contribution is -2.41. The SMILES string of the molecule is CN=C(NC)NCC(C)CN(C)C(=O)OC(C)(C)C.I. The van der Waals surface area contributed by atoms with Gasteiger partial charge in [-0.3, -0.25) is 4.99 Å². The maximum absolute atomic E-state index is 11.8. The third kappa shape index (κ3) is 10.1. The van der Waals surface area contributed by atoms with Crippen LogP contribution in [-0.4, -0.2) is 56.8 Å². The number of hydrogen-bond acceptors (Lipinski definition) is 3. The molecule has 0 saturated heterocycles. The van der Waals surface area contributed by atoms with E-state index in [0.717, 1.165) is 12.5 Å². The van der Waals surface area contributed by atoms with Crippen LogP contribution in [-0.2, 0) is 4.74 Å². The molecule has 0 aliphatic heterocycles. The van der Waals surface area contributed by atoms with E-state index in [9.17, 15) is 4.79 Å². The minimum atomic E-state index is -0.457. The fraction of sp³-hybridized carbons (Fsp3) is 0.846. The number of hydrogen-bond donors (Lipinski definition) is 2. The van der Waals surface area contributed by atoms with Crippen molar-refractivity contribution >= 4 is 36.0 Å². The molecule has 0 saturated carbocycles. The fourth-order valence-electron chi connectivity index (χ4n) is 1.50. The number of rotatable bonds is 4. The first-order chi connectivity index (χ1) is 8.69. The van der Waals surface area contributed by atoms with Crippen molar-refractivity contribution in [3.63, 3.8) is 0 Å². The second-order valence-corrected chi connectivity index (χ2v) is 5.67. The summed E-state index contributed by atoms with van der Waals surface area (Å²) in [5, 5.41) is 6.12. The topological polar surface area (TPSA) is 66.0 Å². The molecule has 0 fully saturated rings. The number of nitrogens with one attached hydrogen (secondary N) is 2. The average Bonchev–Trinajstić information content (AvgIpc) is 2.28. The molecule has 0 aliphatic carbocycles. The van der Waals surface area contributed by atoms with Gasteiger partial charge >= 0.3 is 6.09 Å². The largest absolute Gasteiger partial charge is 0.444 e. The first-order valence-corrected chi connectivity index (χ1v) is 6.52. The van der Waals surface area contributed by atoms with Gasteiger partial charge in [0.05, 0.1) is 0 Å². The van der Waals surface area contributed by atoms with Crippen LogP contribution in [0.1, 0.15) is 27.7 Å². The average molecular weight is 400 g/mol. The van der Waals surface area contributed by atoms with Crippen molar-refractivity contribution in [2.45, 2.75) is 33.3 Å². The Morgan fingerprint density at radius 1 is 1.40 bits per heavy atom. The van der Waals surface area contributed by atoms with E-state index in [-0.39, 0.29) is 30.1 Å². The molecule has 0 aromatic rings. The maximum Gasteiger partial charge on any atom is 0.410 e. The molecular weight excluding hydrogens is 371 g/mol. The first kappa shape index (κ1) is 21.6. The van der Waals surface area contributed by atoms with Gasteiger partial charge in [0.1, 0.15) is 5.60 Å². The van der Waals surface area contributed by atoms with Crippen LogP contribution >= 0.6 is 24.0 Å². The lowest BCUT2D eigenvalue weighted by Gasteiger charge is -2.26. The van der Waals surface area contributed by atoms with Gasteiger partial charge in [-0.25, -0.2) is 4.79 Å². The molecule has 1 amide bonds. The number of aliphatic imine (C=N–C) groups is 1. The second-order valence-electron chi connectivity index (χ2n) is 5.67. The highest BCUT2D eigenvalue weighted by Crippen LogP contribution is 2.09. The first-order valence-electron chi connectivity index (χ1n) is 6.52. The Kier molecular flexibility index (Phi) is 10.9. The van der Waals surface area contributed by atoms with Crippen molar-refractivity contribution in [1.82, 2.24) is 15.5 Å². The van der Waals surface area contributed by atoms with Gasteiger partial charge in [-0.2, -0.15) is 0 Å². The van der Waals surface area contributed by atoms with Crippen molar-refractivity contribution in [2.75, 3.05) is 34.2 Å². The number of nitrogens with zero attached hydrogens (tertiary/aromatic N) is 2. The molecule has 0 bridgehead atoms. The summed E-state index contributed by atoms with van der Waals surface area (Å²) in [7, 11) is 5.28. The predicted octanol–water partition coefficient (Wildman–Crippen LogP) is 1.90. The van der Waals surface area contributed by atoms with Gasteiger partial charge in [-0.05, 0) is 26.7 Å². The molecular formula is C13H29IN4O2. The normalized spacial score (nSPS) is 13.1. The Balaban J connectivity index is 0. The molecule has 0 radical (unpaired) electrons. The molecule has 20 heavy (non-hydrogen) atoms. The van der Waals surface area contributed by atoms with Crippen LogP contribution in [0.2, 0.25) is 0 Å². The molecule has 1 atom stereocenters. The van der Waals surface area contributed by atoms with Gasteiger partial charge < -0.3 is 20.3 Å². The highest BCUT2D eigenvalue weighted by molar-refractivity contribution is 14.0. The molecule has 0 rings (SSSR count). The minimum Gasteiger partial charge on any atom is -0.444 e. The summed E-state index contributed by atoms with van der Waals surface area (Å²) in [5.41, 5.74) is -0.457. The number of ether oxygens (including phenoxy) is 1. The van der Waals surface area contributed by atoms with Crippen LogP contribution < -0.4 is 10.6 Å². The van der Waals surface area contributed by atoms with Crippen molar-refractivity contribution in [3.8, 4) is 0 Å². The molecule has 1 unspecified atom stereocenters. The third-order valence-electron chi connectivity index (χ3n) is 2.37. The summed E-state index contributed by atoms with van der Waals surface area (Å²) in [5.74, 6) is 1.04. The Hall–Kier alpha value is -0.730. The van der Waals surface area contributed by atoms with Crippen LogP contribution in [0.3, 0.4) is 0 Å². The number of amides is 1. The lowest BCUT2D eigenvalue weighted by atomic mass is 10.1. The molecule has 2 N–H and O–H groups in total. The van der Waals surface area contributed by atoms with E-state index in [4.69, 9.17) is 4.74 Å². The van der Waals surface area contributed by atoms with E-state index >= 15 is 0 Å². The lowest BCUT2D eigenvalue weighted by molar-refractivity contribution is 0.0278. The predicted molar refractivity (Wildman–Crippen MR) is 93.9 cm³/mol. The van der Waals surface area contributed by atoms with Crippen LogP contribution in [0.5, 0.6) is 0 Å². The standard InChI is InChI=1S/C13H28N4O2.HI/c1-10(8-16-11(14-5)15-6)9-17(7)12(18)19-13(2,3)4;/h10H,8-9H2,1-7H3,(H2,14,15,16);1H. The number of halogens is 1.